The number of hydrogen-bond acceptors (Lipinski definition) is 5. The van der Waals surface area contributed by atoms with Crippen molar-refractivity contribution in [1.29, 1.82) is 0 Å². The van der Waals surface area contributed by atoms with Gasteiger partial charge in [0.25, 0.3) is 0 Å². The van der Waals surface area contributed by atoms with Crippen molar-refractivity contribution < 1.29 is 4.52 Å². The predicted molar refractivity (Wildman–Crippen MR) is 82.7 cm³/mol. The summed E-state index contributed by atoms with van der Waals surface area (Å²) < 4.78 is 5.27. The number of nitrogens with two attached hydrogens (primary N) is 1. The largest absolute Gasteiger partial charge is 0.339 e. The zero-order chi connectivity index (χ0) is 14.6. The van der Waals surface area contributed by atoms with Crippen LogP contribution in [0.1, 0.15) is 33.1 Å². The van der Waals surface area contributed by atoms with Gasteiger partial charge in [0, 0.05) is 22.4 Å². The summed E-state index contributed by atoms with van der Waals surface area (Å²) in [6, 6.07) is 8.23. The maximum Gasteiger partial charge on any atom is 0.227 e. The second kappa shape index (κ2) is 6.41. The average Bonchev–Trinajstić information content (AvgIpc) is 2.86. The van der Waals surface area contributed by atoms with Gasteiger partial charge in [0.15, 0.2) is 0 Å². The Kier molecular flexibility index (Phi) is 4.83. The summed E-state index contributed by atoms with van der Waals surface area (Å²) in [6.07, 6.45) is 1.53. The molecule has 5 heteroatoms. The molecule has 0 aliphatic rings. The minimum Gasteiger partial charge on any atom is -0.339 e. The van der Waals surface area contributed by atoms with Crippen molar-refractivity contribution in [2.24, 2.45) is 5.73 Å². The Morgan fingerprint density at radius 2 is 1.95 bits per heavy atom. The van der Waals surface area contributed by atoms with Gasteiger partial charge in [0.2, 0.25) is 11.7 Å². The molecule has 108 valence electrons. The van der Waals surface area contributed by atoms with Crippen LogP contribution in [-0.2, 0) is 6.42 Å². The van der Waals surface area contributed by atoms with Crippen LogP contribution in [0.25, 0.3) is 11.4 Å². The lowest BCUT2D eigenvalue weighted by atomic mass is 10.0. The highest BCUT2D eigenvalue weighted by molar-refractivity contribution is 7.99. The van der Waals surface area contributed by atoms with Gasteiger partial charge in [-0.3, -0.25) is 0 Å². The maximum absolute atomic E-state index is 5.95. The molecule has 0 spiro atoms. The van der Waals surface area contributed by atoms with Crippen LogP contribution in [-0.4, -0.2) is 21.4 Å². The Balaban J connectivity index is 2.04. The molecule has 1 heterocycles. The standard InChI is InChI=1S/C15H21N3OS/c1-4-20-12-7-5-11(6-8-12)14-17-13(19-18-14)9-10-15(2,3)16/h5-8H,4,9-10,16H2,1-3H3. The summed E-state index contributed by atoms with van der Waals surface area (Å²) in [5, 5.41) is 4.03. The predicted octanol–water partition coefficient (Wildman–Crippen LogP) is 3.52. The Labute approximate surface area is 124 Å². The van der Waals surface area contributed by atoms with Crippen LogP contribution >= 0.6 is 11.8 Å². The third kappa shape index (κ3) is 4.35. The van der Waals surface area contributed by atoms with Crippen LogP contribution in [0.15, 0.2) is 33.7 Å². The number of rotatable bonds is 6. The van der Waals surface area contributed by atoms with E-state index in [1.54, 1.807) is 0 Å². The summed E-state index contributed by atoms with van der Waals surface area (Å²) in [6.45, 7) is 6.13. The minimum atomic E-state index is -0.215. The fourth-order valence-corrected chi connectivity index (χ4v) is 2.43. The molecule has 0 radical (unpaired) electrons. The average molecular weight is 291 g/mol. The lowest BCUT2D eigenvalue weighted by molar-refractivity contribution is 0.358. The van der Waals surface area contributed by atoms with Crippen molar-refractivity contribution >= 4 is 11.8 Å². The van der Waals surface area contributed by atoms with E-state index in [2.05, 4.69) is 29.2 Å². The molecule has 20 heavy (non-hydrogen) atoms. The molecule has 1 aromatic heterocycles. The van der Waals surface area contributed by atoms with Crippen LogP contribution in [0.5, 0.6) is 0 Å². The highest BCUT2D eigenvalue weighted by atomic mass is 32.2. The lowest BCUT2D eigenvalue weighted by Crippen LogP contribution is -2.32. The van der Waals surface area contributed by atoms with Gasteiger partial charge in [0.1, 0.15) is 0 Å². The third-order valence-corrected chi connectivity index (χ3v) is 3.77. The molecule has 0 aliphatic heterocycles. The van der Waals surface area contributed by atoms with Crippen molar-refractivity contribution in [1.82, 2.24) is 10.1 Å². The summed E-state index contributed by atoms with van der Waals surface area (Å²) in [7, 11) is 0. The van der Waals surface area contributed by atoms with Gasteiger partial charge in [-0.05, 0) is 50.3 Å². The normalized spacial score (nSPS) is 11.8. The van der Waals surface area contributed by atoms with Gasteiger partial charge in [-0.1, -0.05) is 12.1 Å². The number of thioether (sulfide) groups is 1. The van der Waals surface area contributed by atoms with Crippen molar-refractivity contribution in [2.45, 2.75) is 44.0 Å². The van der Waals surface area contributed by atoms with E-state index < -0.39 is 0 Å². The van der Waals surface area contributed by atoms with Crippen molar-refractivity contribution in [3.05, 3.63) is 30.2 Å². The monoisotopic (exact) mass is 291 g/mol. The first kappa shape index (κ1) is 15.1. The molecule has 0 saturated heterocycles. The van der Waals surface area contributed by atoms with E-state index in [1.807, 2.05) is 37.7 Å². The van der Waals surface area contributed by atoms with Gasteiger partial charge < -0.3 is 10.3 Å². The highest BCUT2D eigenvalue weighted by Gasteiger charge is 2.14. The summed E-state index contributed by atoms with van der Waals surface area (Å²) in [5.74, 6) is 2.36. The Hall–Kier alpha value is -1.33. The molecule has 0 fully saturated rings. The van der Waals surface area contributed by atoms with Crippen LogP contribution in [0.4, 0.5) is 0 Å². The molecule has 2 rings (SSSR count). The zero-order valence-corrected chi connectivity index (χ0v) is 13.0. The molecular weight excluding hydrogens is 270 g/mol. The molecule has 0 atom stereocenters. The van der Waals surface area contributed by atoms with E-state index in [-0.39, 0.29) is 5.54 Å². The van der Waals surface area contributed by atoms with Crippen molar-refractivity contribution in [3.63, 3.8) is 0 Å². The molecule has 1 aromatic carbocycles. The van der Waals surface area contributed by atoms with E-state index in [0.717, 1.165) is 17.7 Å². The molecule has 0 saturated carbocycles. The smallest absolute Gasteiger partial charge is 0.227 e. The van der Waals surface area contributed by atoms with E-state index in [9.17, 15) is 0 Å². The first-order chi connectivity index (χ1) is 9.48. The van der Waals surface area contributed by atoms with Crippen LogP contribution in [0.2, 0.25) is 0 Å². The zero-order valence-electron chi connectivity index (χ0n) is 12.2. The molecule has 4 nitrogen and oxygen atoms in total. The quantitative estimate of drug-likeness (QED) is 0.825. The molecule has 0 amide bonds. The Morgan fingerprint density at radius 1 is 1.25 bits per heavy atom. The molecule has 0 aliphatic carbocycles. The van der Waals surface area contributed by atoms with Crippen molar-refractivity contribution in [2.75, 3.05) is 5.75 Å². The van der Waals surface area contributed by atoms with Gasteiger partial charge in [-0.25, -0.2) is 0 Å². The number of hydrogen-bond donors (Lipinski definition) is 1. The van der Waals surface area contributed by atoms with Crippen LogP contribution < -0.4 is 5.73 Å². The fraction of sp³-hybridized carbons (Fsp3) is 0.467. The number of aryl methyl sites for hydroxylation is 1. The fourth-order valence-electron chi connectivity index (χ4n) is 1.77. The highest BCUT2D eigenvalue weighted by Crippen LogP contribution is 2.22. The van der Waals surface area contributed by atoms with Crippen LogP contribution in [0.3, 0.4) is 0 Å². The number of benzene rings is 1. The number of nitrogens with zero attached hydrogens (tertiary/aromatic N) is 2. The summed E-state index contributed by atoms with van der Waals surface area (Å²) in [4.78, 5) is 5.67. The van der Waals surface area contributed by atoms with E-state index in [4.69, 9.17) is 10.3 Å². The summed E-state index contributed by atoms with van der Waals surface area (Å²) in [5.41, 5.74) is 6.72. The third-order valence-electron chi connectivity index (χ3n) is 2.87. The molecule has 0 bridgehead atoms. The van der Waals surface area contributed by atoms with E-state index >= 15 is 0 Å². The van der Waals surface area contributed by atoms with Gasteiger partial charge in [-0.15, -0.1) is 11.8 Å². The van der Waals surface area contributed by atoms with Gasteiger partial charge >= 0.3 is 0 Å². The Morgan fingerprint density at radius 3 is 2.55 bits per heavy atom. The maximum atomic E-state index is 5.95. The van der Waals surface area contributed by atoms with E-state index in [0.29, 0.717) is 18.1 Å². The second-order valence-corrected chi connectivity index (χ2v) is 6.80. The first-order valence-electron chi connectivity index (χ1n) is 6.82. The topological polar surface area (TPSA) is 64.9 Å². The molecule has 2 N–H and O–H groups in total. The second-order valence-electron chi connectivity index (χ2n) is 5.46. The van der Waals surface area contributed by atoms with Gasteiger partial charge in [0.05, 0.1) is 0 Å². The molecular formula is C15H21N3OS. The van der Waals surface area contributed by atoms with Gasteiger partial charge in [-0.2, -0.15) is 4.98 Å². The number of aromatic nitrogens is 2. The molecule has 0 unspecified atom stereocenters. The van der Waals surface area contributed by atoms with Crippen LogP contribution in [0, 0.1) is 0 Å². The lowest BCUT2D eigenvalue weighted by Gasteiger charge is -2.16. The van der Waals surface area contributed by atoms with E-state index in [1.165, 1.54) is 4.90 Å². The summed E-state index contributed by atoms with van der Waals surface area (Å²) >= 11 is 1.82. The SMILES string of the molecule is CCSc1ccc(-c2noc(CCC(C)(C)N)n2)cc1. The van der Waals surface area contributed by atoms with Crippen molar-refractivity contribution in [3.8, 4) is 11.4 Å². The molecule has 2 aromatic rings. The minimum absolute atomic E-state index is 0.215. The first-order valence-corrected chi connectivity index (χ1v) is 7.81. The Bertz CT molecular complexity index is 543.